The molecule has 1 unspecified atom stereocenters. The fourth-order valence-corrected chi connectivity index (χ4v) is 4.20. The Labute approximate surface area is 178 Å². The maximum atomic E-state index is 12.8. The summed E-state index contributed by atoms with van der Waals surface area (Å²) in [7, 11) is 0. The predicted molar refractivity (Wildman–Crippen MR) is 122 cm³/mol. The van der Waals surface area contributed by atoms with E-state index >= 15 is 0 Å². The summed E-state index contributed by atoms with van der Waals surface area (Å²) in [5, 5.41) is 6.38. The quantitative estimate of drug-likeness (QED) is 0.425. The van der Waals surface area contributed by atoms with Crippen molar-refractivity contribution < 1.29 is 9.59 Å². The Hall–Kier alpha value is -3.51. The average Bonchev–Trinajstić information content (AvgIpc) is 3.17. The summed E-state index contributed by atoms with van der Waals surface area (Å²) < 4.78 is 0.893. The number of benzene rings is 3. The zero-order valence-corrected chi connectivity index (χ0v) is 17.3. The molecule has 1 aromatic heterocycles. The number of anilines is 2. The Kier molecular flexibility index (Phi) is 5.86. The topological polar surface area (TPSA) is 71.1 Å². The fraction of sp³-hybridized carbons (Fsp3) is 0.125. The van der Waals surface area contributed by atoms with Crippen LogP contribution in [0.25, 0.3) is 10.2 Å². The molecule has 30 heavy (non-hydrogen) atoms. The molecule has 3 aromatic carbocycles. The molecular weight excluding hydrogens is 394 g/mol. The van der Waals surface area contributed by atoms with Gasteiger partial charge in [0.1, 0.15) is 0 Å². The van der Waals surface area contributed by atoms with Gasteiger partial charge in [0, 0.05) is 11.3 Å². The maximum Gasteiger partial charge on any atom is 0.257 e. The highest BCUT2D eigenvalue weighted by Crippen LogP contribution is 2.29. The number of thiazole rings is 1. The average molecular weight is 416 g/mol. The summed E-state index contributed by atoms with van der Waals surface area (Å²) in [4.78, 5) is 29.6. The van der Waals surface area contributed by atoms with E-state index in [1.54, 1.807) is 12.1 Å². The number of carbonyl (C=O) groups excluding carboxylic acids is 2. The van der Waals surface area contributed by atoms with Gasteiger partial charge in [-0.05, 0) is 42.3 Å². The highest BCUT2D eigenvalue weighted by Gasteiger charge is 2.19. The van der Waals surface area contributed by atoms with Gasteiger partial charge in [-0.3, -0.25) is 14.9 Å². The van der Waals surface area contributed by atoms with E-state index < -0.39 is 0 Å². The van der Waals surface area contributed by atoms with Gasteiger partial charge in [0.15, 0.2) is 5.13 Å². The molecule has 1 heterocycles. The lowest BCUT2D eigenvalue weighted by molar-refractivity contribution is -0.117. The van der Waals surface area contributed by atoms with E-state index in [-0.39, 0.29) is 17.7 Å². The van der Waals surface area contributed by atoms with E-state index in [9.17, 15) is 9.59 Å². The number of amides is 2. The van der Waals surface area contributed by atoms with Crippen LogP contribution in [0.4, 0.5) is 10.8 Å². The van der Waals surface area contributed by atoms with E-state index in [1.807, 2.05) is 73.7 Å². The number of aromatic nitrogens is 1. The van der Waals surface area contributed by atoms with E-state index in [1.165, 1.54) is 11.3 Å². The number of fused-ring (bicyclic) bond motifs is 1. The molecule has 5 nitrogen and oxygen atoms in total. The molecule has 1 atom stereocenters. The minimum atomic E-state index is -0.205. The van der Waals surface area contributed by atoms with Crippen molar-refractivity contribution >= 4 is 44.2 Å². The lowest BCUT2D eigenvalue weighted by Gasteiger charge is -2.15. The predicted octanol–water partition coefficient (Wildman–Crippen LogP) is 5.68. The van der Waals surface area contributed by atoms with Gasteiger partial charge in [0.05, 0.1) is 16.1 Å². The number of nitrogens with zero attached hydrogens (tertiary/aromatic N) is 1. The first-order valence-electron chi connectivity index (χ1n) is 9.77. The summed E-state index contributed by atoms with van der Waals surface area (Å²) in [5.41, 5.74) is 3.07. The molecule has 0 radical (unpaired) electrons. The summed E-state index contributed by atoms with van der Waals surface area (Å²) in [6.07, 6.45) is 0.717. The van der Waals surface area contributed by atoms with E-state index in [4.69, 9.17) is 0 Å². The Morgan fingerprint density at radius 2 is 1.63 bits per heavy atom. The van der Waals surface area contributed by atoms with Crippen LogP contribution >= 0.6 is 11.3 Å². The molecule has 0 saturated carbocycles. The van der Waals surface area contributed by atoms with Crippen molar-refractivity contribution in [1.29, 1.82) is 0 Å². The van der Waals surface area contributed by atoms with Gasteiger partial charge in [-0.25, -0.2) is 4.98 Å². The van der Waals surface area contributed by atoms with Crippen LogP contribution in [0.15, 0.2) is 78.9 Å². The molecule has 6 heteroatoms. The maximum absolute atomic E-state index is 12.8. The number of nitrogens with one attached hydrogen (secondary N) is 2. The number of rotatable bonds is 6. The van der Waals surface area contributed by atoms with Crippen LogP contribution in [0.2, 0.25) is 0 Å². The molecule has 2 amide bonds. The van der Waals surface area contributed by atoms with E-state index in [0.29, 0.717) is 22.8 Å². The van der Waals surface area contributed by atoms with Gasteiger partial charge in [0.2, 0.25) is 5.91 Å². The van der Waals surface area contributed by atoms with E-state index in [0.717, 1.165) is 15.8 Å². The molecule has 4 rings (SSSR count). The van der Waals surface area contributed by atoms with Crippen molar-refractivity contribution in [3.63, 3.8) is 0 Å². The summed E-state index contributed by atoms with van der Waals surface area (Å²) in [5.74, 6) is -0.439. The second-order valence-electron chi connectivity index (χ2n) is 6.88. The highest BCUT2D eigenvalue weighted by atomic mass is 32.1. The van der Waals surface area contributed by atoms with Crippen molar-refractivity contribution in [1.82, 2.24) is 4.98 Å². The van der Waals surface area contributed by atoms with Crippen molar-refractivity contribution in [3.05, 3.63) is 90.0 Å². The third-order valence-corrected chi connectivity index (χ3v) is 5.77. The summed E-state index contributed by atoms with van der Waals surface area (Å²) in [6, 6.07) is 24.4. The van der Waals surface area contributed by atoms with Gasteiger partial charge < -0.3 is 5.32 Å². The molecule has 0 aliphatic heterocycles. The molecule has 2 N–H and O–H groups in total. The van der Waals surface area contributed by atoms with Gasteiger partial charge in [-0.1, -0.05) is 66.8 Å². The largest absolute Gasteiger partial charge is 0.326 e. The van der Waals surface area contributed by atoms with Crippen LogP contribution in [0, 0.1) is 0 Å². The second-order valence-corrected chi connectivity index (χ2v) is 7.91. The molecule has 150 valence electrons. The zero-order chi connectivity index (χ0) is 20.9. The van der Waals surface area contributed by atoms with Crippen LogP contribution in [0.3, 0.4) is 0 Å². The Morgan fingerprint density at radius 3 is 2.33 bits per heavy atom. The minimum absolute atomic E-state index is 0.0369. The Balaban J connectivity index is 1.49. The van der Waals surface area contributed by atoms with Crippen molar-refractivity contribution in [2.45, 2.75) is 19.3 Å². The molecule has 0 saturated heterocycles. The SMILES string of the molecule is CCC(C(=O)Nc1ccc2nc(NC(=O)c3ccccc3)sc2c1)c1ccccc1. The third-order valence-electron chi connectivity index (χ3n) is 4.84. The first-order valence-corrected chi connectivity index (χ1v) is 10.6. The summed E-state index contributed by atoms with van der Waals surface area (Å²) in [6.45, 7) is 2.01. The van der Waals surface area contributed by atoms with Crippen LogP contribution in [-0.4, -0.2) is 16.8 Å². The fourth-order valence-electron chi connectivity index (χ4n) is 3.30. The molecule has 0 fully saturated rings. The third kappa shape index (κ3) is 4.39. The lowest BCUT2D eigenvalue weighted by atomic mass is 9.95. The minimum Gasteiger partial charge on any atom is -0.326 e. The number of carbonyl (C=O) groups is 2. The molecule has 0 aliphatic rings. The van der Waals surface area contributed by atoms with Gasteiger partial charge in [0.25, 0.3) is 5.91 Å². The standard InChI is InChI=1S/C24H21N3O2S/c1-2-19(16-9-5-3-6-10-16)23(29)25-18-13-14-20-21(15-18)30-24(26-20)27-22(28)17-11-7-4-8-12-17/h3-15,19H,2H2,1H3,(H,25,29)(H,26,27,28). The van der Waals surface area contributed by atoms with Crippen LogP contribution in [0.5, 0.6) is 0 Å². The van der Waals surface area contributed by atoms with Gasteiger partial charge in [-0.2, -0.15) is 0 Å². The Morgan fingerprint density at radius 1 is 0.933 bits per heavy atom. The van der Waals surface area contributed by atoms with Gasteiger partial charge in [-0.15, -0.1) is 0 Å². The molecule has 4 aromatic rings. The summed E-state index contributed by atoms with van der Waals surface area (Å²) >= 11 is 1.38. The Bertz CT molecular complexity index is 1170. The molecule has 0 aliphatic carbocycles. The normalized spacial score (nSPS) is 11.8. The zero-order valence-electron chi connectivity index (χ0n) is 16.5. The van der Waals surface area contributed by atoms with Crippen LogP contribution in [0.1, 0.15) is 35.2 Å². The van der Waals surface area contributed by atoms with Gasteiger partial charge >= 0.3 is 0 Å². The number of hydrogen-bond acceptors (Lipinski definition) is 4. The van der Waals surface area contributed by atoms with Crippen molar-refractivity contribution in [2.75, 3.05) is 10.6 Å². The van der Waals surface area contributed by atoms with Crippen LogP contribution in [-0.2, 0) is 4.79 Å². The van der Waals surface area contributed by atoms with Crippen molar-refractivity contribution in [3.8, 4) is 0 Å². The van der Waals surface area contributed by atoms with E-state index in [2.05, 4.69) is 15.6 Å². The van der Waals surface area contributed by atoms with Crippen molar-refractivity contribution in [2.24, 2.45) is 0 Å². The smallest absolute Gasteiger partial charge is 0.257 e. The first kappa shape index (κ1) is 19.8. The van der Waals surface area contributed by atoms with Crippen LogP contribution < -0.4 is 10.6 Å². The highest BCUT2D eigenvalue weighted by molar-refractivity contribution is 7.22. The molecule has 0 spiro atoms. The molecule has 0 bridgehead atoms. The second kappa shape index (κ2) is 8.88. The monoisotopic (exact) mass is 415 g/mol. The molecular formula is C24H21N3O2S. The lowest BCUT2D eigenvalue weighted by Crippen LogP contribution is -2.20. The number of hydrogen-bond donors (Lipinski definition) is 2. The first-order chi connectivity index (χ1) is 14.6.